The fraction of sp³-hybridized carbons (Fsp3) is 1.00. The molecule has 78 valence electrons. The van der Waals surface area contributed by atoms with Gasteiger partial charge < -0.3 is 0 Å². The highest BCUT2D eigenvalue weighted by molar-refractivity contribution is 4.74. The van der Waals surface area contributed by atoms with Crippen LogP contribution in [0, 0.1) is 11.3 Å². The lowest BCUT2D eigenvalue weighted by atomic mass is 9.75. The van der Waals surface area contributed by atoms with Crippen LogP contribution in [-0.4, -0.2) is 0 Å². The maximum absolute atomic E-state index is 2.41. The molecule has 0 aromatic carbocycles. The van der Waals surface area contributed by atoms with Crippen LogP contribution in [0.15, 0.2) is 0 Å². The average molecular weight is 182 g/mol. The Morgan fingerprint density at radius 3 is 1.46 bits per heavy atom. The second kappa shape index (κ2) is 5.02. The highest BCUT2D eigenvalue weighted by Crippen LogP contribution is 2.35. The van der Waals surface area contributed by atoms with Gasteiger partial charge in [-0.3, -0.25) is 0 Å². The van der Waals surface area contributed by atoms with Gasteiger partial charge in [0.2, 0.25) is 0 Å². The largest absolute Gasteiger partial charge is 0.0599 e. The first-order valence-corrected chi connectivity index (χ1v) is 6.11. The van der Waals surface area contributed by atoms with Gasteiger partial charge in [0, 0.05) is 0 Å². The molecule has 1 fully saturated rings. The first kappa shape index (κ1) is 11.1. The van der Waals surface area contributed by atoms with E-state index in [0.29, 0.717) is 5.41 Å². The van der Waals surface area contributed by atoms with E-state index in [1.807, 2.05) is 0 Å². The maximum Gasteiger partial charge on any atom is -0.0354 e. The third-order valence-corrected chi connectivity index (χ3v) is 3.58. The van der Waals surface area contributed by atoms with Crippen molar-refractivity contribution in [2.45, 2.75) is 72.1 Å². The summed E-state index contributed by atoms with van der Waals surface area (Å²) in [6, 6.07) is 0. The summed E-state index contributed by atoms with van der Waals surface area (Å²) in [7, 11) is 0. The van der Waals surface area contributed by atoms with Crippen LogP contribution in [0.1, 0.15) is 72.1 Å². The monoisotopic (exact) mass is 182 g/mol. The Hall–Kier alpha value is 0. The summed E-state index contributed by atoms with van der Waals surface area (Å²) in [5.74, 6) is 0.977. The summed E-state index contributed by atoms with van der Waals surface area (Å²) < 4.78 is 0. The molecule has 0 heterocycles. The zero-order valence-electron chi connectivity index (χ0n) is 9.73. The first-order valence-electron chi connectivity index (χ1n) is 6.11. The van der Waals surface area contributed by atoms with Crippen LogP contribution < -0.4 is 0 Å². The van der Waals surface area contributed by atoms with Crippen LogP contribution in [0.5, 0.6) is 0 Å². The Kier molecular flexibility index (Phi) is 4.28. The third-order valence-electron chi connectivity index (χ3n) is 3.58. The predicted octanol–water partition coefficient (Wildman–Crippen LogP) is 4.78. The van der Waals surface area contributed by atoms with Gasteiger partial charge in [0.15, 0.2) is 0 Å². The lowest BCUT2D eigenvalue weighted by Crippen LogP contribution is -2.20. The van der Waals surface area contributed by atoms with Gasteiger partial charge in [0.1, 0.15) is 0 Å². The lowest BCUT2D eigenvalue weighted by molar-refractivity contribution is 0.205. The minimum atomic E-state index is 0.546. The van der Waals surface area contributed by atoms with E-state index in [9.17, 15) is 0 Å². The molecule has 0 spiro atoms. The van der Waals surface area contributed by atoms with E-state index < -0.39 is 0 Å². The van der Waals surface area contributed by atoms with E-state index >= 15 is 0 Å². The number of hydrogen-bond acceptors (Lipinski definition) is 0. The molecule has 0 heteroatoms. The second-order valence-electron chi connectivity index (χ2n) is 5.76. The average Bonchev–Trinajstić information content (AvgIpc) is 2.14. The molecular weight excluding hydrogens is 156 g/mol. The van der Waals surface area contributed by atoms with Crippen LogP contribution in [0.4, 0.5) is 0 Å². The van der Waals surface area contributed by atoms with E-state index in [2.05, 4.69) is 20.8 Å². The van der Waals surface area contributed by atoms with Crippen molar-refractivity contribution in [1.29, 1.82) is 0 Å². The molecule has 1 aliphatic carbocycles. The van der Waals surface area contributed by atoms with Crippen molar-refractivity contribution in [2.24, 2.45) is 11.3 Å². The van der Waals surface area contributed by atoms with Gasteiger partial charge in [0.25, 0.3) is 0 Å². The topological polar surface area (TPSA) is 0 Å². The molecule has 0 aliphatic heterocycles. The molecule has 0 N–H and O–H groups in total. The van der Waals surface area contributed by atoms with Gasteiger partial charge in [0.05, 0.1) is 0 Å². The van der Waals surface area contributed by atoms with Crippen LogP contribution in [-0.2, 0) is 0 Å². The Balaban J connectivity index is 2.41. The van der Waals surface area contributed by atoms with Crippen LogP contribution in [0.3, 0.4) is 0 Å². The summed E-state index contributed by atoms with van der Waals surface area (Å²) in [6.07, 6.45) is 11.8. The fourth-order valence-electron chi connectivity index (χ4n) is 2.50. The van der Waals surface area contributed by atoms with E-state index in [1.165, 1.54) is 51.4 Å². The molecule has 0 aromatic rings. The highest BCUT2D eigenvalue weighted by Gasteiger charge is 2.23. The Labute approximate surface area is 84.1 Å². The normalized spacial score (nSPS) is 23.3. The molecule has 1 saturated carbocycles. The van der Waals surface area contributed by atoms with E-state index in [1.54, 1.807) is 0 Å². The molecule has 0 nitrogen and oxygen atoms in total. The van der Waals surface area contributed by atoms with Gasteiger partial charge in [-0.15, -0.1) is 0 Å². The Morgan fingerprint density at radius 2 is 1.08 bits per heavy atom. The zero-order chi connectivity index (χ0) is 9.73. The Morgan fingerprint density at radius 1 is 0.692 bits per heavy atom. The summed E-state index contributed by atoms with van der Waals surface area (Å²) in [4.78, 5) is 0. The summed E-state index contributed by atoms with van der Waals surface area (Å²) in [6.45, 7) is 7.24. The molecule has 0 aromatic heterocycles. The second-order valence-corrected chi connectivity index (χ2v) is 5.76. The van der Waals surface area contributed by atoms with Crippen LogP contribution in [0.2, 0.25) is 0 Å². The van der Waals surface area contributed by atoms with E-state index in [4.69, 9.17) is 0 Å². The van der Waals surface area contributed by atoms with Crippen molar-refractivity contribution < 1.29 is 0 Å². The molecule has 0 unspecified atom stereocenters. The first-order chi connectivity index (χ1) is 6.11. The summed E-state index contributed by atoms with van der Waals surface area (Å²) in [5, 5.41) is 0. The fourth-order valence-corrected chi connectivity index (χ4v) is 2.50. The highest BCUT2D eigenvalue weighted by atomic mass is 14.3. The third kappa shape index (κ3) is 4.15. The van der Waals surface area contributed by atoms with Crippen LogP contribution >= 0.6 is 0 Å². The molecule has 0 atom stereocenters. The molecule has 0 amide bonds. The Bertz CT molecular complexity index is 119. The molecule has 13 heavy (non-hydrogen) atoms. The molecule has 1 aliphatic rings. The van der Waals surface area contributed by atoms with Gasteiger partial charge in [-0.05, 0) is 24.2 Å². The van der Waals surface area contributed by atoms with Crippen molar-refractivity contribution in [3.05, 3.63) is 0 Å². The molecular formula is C13H26. The number of hydrogen-bond donors (Lipinski definition) is 0. The zero-order valence-corrected chi connectivity index (χ0v) is 9.73. The standard InChI is InChI=1S/C13H26/c1-13(2,3)12-10-8-6-4-5-7-9-11-12/h12H,4-11H2,1-3H3. The summed E-state index contributed by atoms with van der Waals surface area (Å²) >= 11 is 0. The van der Waals surface area contributed by atoms with Crippen molar-refractivity contribution in [3.63, 3.8) is 0 Å². The predicted molar refractivity (Wildman–Crippen MR) is 59.9 cm³/mol. The molecule has 0 bridgehead atoms. The van der Waals surface area contributed by atoms with Crippen LogP contribution in [0.25, 0.3) is 0 Å². The van der Waals surface area contributed by atoms with E-state index in [0.717, 1.165) is 5.92 Å². The van der Waals surface area contributed by atoms with Crippen molar-refractivity contribution in [3.8, 4) is 0 Å². The van der Waals surface area contributed by atoms with Crippen molar-refractivity contribution in [1.82, 2.24) is 0 Å². The number of rotatable bonds is 0. The van der Waals surface area contributed by atoms with Gasteiger partial charge in [-0.25, -0.2) is 0 Å². The minimum Gasteiger partial charge on any atom is -0.0599 e. The van der Waals surface area contributed by atoms with E-state index in [-0.39, 0.29) is 0 Å². The molecule has 0 saturated heterocycles. The quantitative estimate of drug-likeness (QED) is 0.505. The summed E-state index contributed by atoms with van der Waals surface area (Å²) in [5.41, 5.74) is 0.546. The maximum atomic E-state index is 2.41. The lowest BCUT2D eigenvalue weighted by Gasteiger charge is -2.30. The van der Waals surface area contributed by atoms with Gasteiger partial charge in [-0.2, -0.15) is 0 Å². The van der Waals surface area contributed by atoms with Gasteiger partial charge >= 0.3 is 0 Å². The van der Waals surface area contributed by atoms with Gasteiger partial charge in [-0.1, -0.05) is 59.3 Å². The van der Waals surface area contributed by atoms with Crippen molar-refractivity contribution >= 4 is 0 Å². The molecule has 1 rings (SSSR count). The van der Waals surface area contributed by atoms with Crippen molar-refractivity contribution in [2.75, 3.05) is 0 Å². The smallest absolute Gasteiger partial charge is 0.0354 e. The minimum absolute atomic E-state index is 0.546. The SMILES string of the molecule is CC(C)(C)C1CCCCCCCC1. The molecule has 0 radical (unpaired) electrons.